The van der Waals surface area contributed by atoms with Crippen molar-refractivity contribution in [2.24, 2.45) is 0 Å². The third-order valence-electron chi connectivity index (χ3n) is 6.78. The Balaban J connectivity index is 1.37. The van der Waals surface area contributed by atoms with Gasteiger partial charge in [0.25, 0.3) is 0 Å². The minimum Gasteiger partial charge on any atom is -0.384 e. The van der Waals surface area contributed by atoms with E-state index in [4.69, 9.17) is 4.98 Å². The monoisotopic (exact) mass is 549 g/mol. The Hall–Kier alpha value is -4.83. The quantitative estimate of drug-likeness (QED) is 0.171. The maximum Gasteiger partial charge on any atom is 0.138 e. The van der Waals surface area contributed by atoms with Crippen molar-refractivity contribution in [3.63, 3.8) is 0 Å². The number of aromatic amines is 2. The van der Waals surface area contributed by atoms with Gasteiger partial charge in [0.05, 0.1) is 22.6 Å². The first kappa shape index (κ1) is 26.4. The molecule has 6 aromatic rings. The number of nitrogens with one attached hydrogen (secondary N) is 4. The summed E-state index contributed by atoms with van der Waals surface area (Å²) < 4.78 is 14.7. The molecule has 6 rings (SSSR count). The SMILES string of the molecule is CC(C)Nc1cncc(-c2ccc3[nH]nc(-c4cc5c(-c6cc(F)cc(NCCN(C)C)c6)ccnc5[nH]4)c3n2)c1. The molecule has 0 amide bonds. The van der Waals surface area contributed by atoms with Crippen molar-refractivity contribution in [3.05, 3.63) is 72.9 Å². The first-order valence-electron chi connectivity index (χ1n) is 13.6. The number of rotatable bonds is 9. The van der Waals surface area contributed by atoms with Crippen molar-refractivity contribution in [3.8, 4) is 33.8 Å². The number of hydrogen-bond acceptors (Lipinski definition) is 7. The van der Waals surface area contributed by atoms with Gasteiger partial charge in [-0.25, -0.2) is 14.4 Å². The van der Waals surface area contributed by atoms with E-state index in [0.29, 0.717) is 23.9 Å². The number of halogens is 1. The zero-order chi connectivity index (χ0) is 28.5. The number of aromatic nitrogens is 6. The minimum absolute atomic E-state index is 0.293. The third-order valence-corrected chi connectivity index (χ3v) is 6.78. The second-order valence-electron chi connectivity index (χ2n) is 10.7. The molecule has 0 atom stereocenters. The van der Waals surface area contributed by atoms with Gasteiger partial charge in [-0.15, -0.1) is 0 Å². The van der Waals surface area contributed by atoms with Gasteiger partial charge in [0.1, 0.15) is 22.7 Å². The molecule has 41 heavy (non-hydrogen) atoms. The number of likely N-dealkylation sites (N-methyl/N-ethyl adjacent to an activating group) is 1. The predicted molar refractivity (Wildman–Crippen MR) is 163 cm³/mol. The summed E-state index contributed by atoms with van der Waals surface area (Å²) in [5, 5.41) is 15.3. The molecule has 9 nitrogen and oxygen atoms in total. The Labute approximate surface area is 237 Å². The van der Waals surface area contributed by atoms with Gasteiger partial charge in [0.2, 0.25) is 0 Å². The topological polar surface area (TPSA) is 110 Å². The average molecular weight is 550 g/mol. The Kier molecular flexibility index (Phi) is 7.07. The maximum absolute atomic E-state index is 14.7. The van der Waals surface area contributed by atoms with Crippen LogP contribution in [0, 0.1) is 5.82 Å². The lowest BCUT2D eigenvalue weighted by atomic mass is 10.0. The van der Waals surface area contributed by atoms with Crippen molar-refractivity contribution in [2.45, 2.75) is 19.9 Å². The first-order valence-corrected chi connectivity index (χ1v) is 13.6. The van der Waals surface area contributed by atoms with E-state index >= 15 is 0 Å². The van der Waals surface area contributed by atoms with E-state index in [2.05, 4.69) is 54.5 Å². The molecule has 0 aliphatic carbocycles. The molecule has 4 N–H and O–H groups in total. The van der Waals surface area contributed by atoms with E-state index in [1.165, 1.54) is 6.07 Å². The molecule has 0 aliphatic heterocycles. The van der Waals surface area contributed by atoms with Crippen LogP contribution in [0.5, 0.6) is 0 Å². The van der Waals surface area contributed by atoms with Crippen molar-refractivity contribution < 1.29 is 4.39 Å². The van der Waals surface area contributed by atoms with Gasteiger partial charge in [0, 0.05) is 54.4 Å². The minimum atomic E-state index is -0.298. The van der Waals surface area contributed by atoms with Gasteiger partial charge in [-0.2, -0.15) is 5.10 Å². The van der Waals surface area contributed by atoms with Crippen molar-refractivity contribution in [1.29, 1.82) is 0 Å². The van der Waals surface area contributed by atoms with Gasteiger partial charge in [-0.05, 0) is 87.6 Å². The lowest BCUT2D eigenvalue weighted by Gasteiger charge is -2.13. The number of anilines is 2. The standard InChI is InChI=1S/C31H32FN9/c1-18(2)36-23-13-20(16-33-17-23)26-5-6-27-29(37-26)30(40-39-27)28-15-25-24(7-8-35-31(25)38-28)19-11-21(32)14-22(12-19)34-9-10-41(3)4/h5-8,11-18,34,36H,9-10H2,1-4H3,(H,35,38)(H,39,40). The Morgan fingerprint density at radius 1 is 0.976 bits per heavy atom. The molecule has 1 aromatic carbocycles. The summed E-state index contributed by atoms with van der Waals surface area (Å²) in [6, 6.07) is 15.2. The molecule has 0 aliphatic rings. The highest BCUT2D eigenvalue weighted by molar-refractivity contribution is 5.99. The van der Waals surface area contributed by atoms with Crippen LogP contribution in [-0.4, -0.2) is 68.3 Å². The summed E-state index contributed by atoms with van der Waals surface area (Å²) in [6.45, 7) is 5.74. The number of nitrogens with zero attached hydrogens (tertiary/aromatic N) is 5. The number of benzene rings is 1. The Morgan fingerprint density at radius 3 is 2.66 bits per heavy atom. The average Bonchev–Trinajstić information content (AvgIpc) is 3.56. The smallest absolute Gasteiger partial charge is 0.138 e. The van der Waals surface area contributed by atoms with Crippen LogP contribution in [-0.2, 0) is 0 Å². The summed E-state index contributed by atoms with van der Waals surface area (Å²) in [4.78, 5) is 19.4. The molecule has 0 fully saturated rings. The maximum atomic E-state index is 14.7. The van der Waals surface area contributed by atoms with Gasteiger partial charge < -0.3 is 20.5 Å². The fourth-order valence-corrected chi connectivity index (χ4v) is 4.92. The Morgan fingerprint density at radius 2 is 1.83 bits per heavy atom. The molecular formula is C31H32FN9. The second-order valence-corrected chi connectivity index (χ2v) is 10.7. The second kappa shape index (κ2) is 11.0. The summed E-state index contributed by atoms with van der Waals surface area (Å²) in [7, 11) is 4.02. The van der Waals surface area contributed by atoms with E-state index < -0.39 is 0 Å². The van der Waals surface area contributed by atoms with Crippen molar-refractivity contribution >= 4 is 33.4 Å². The van der Waals surface area contributed by atoms with E-state index in [0.717, 1.165) is 62.4 Å². The molecule has 208 valence electrons. The van der Waals surface area contributed by atoms with Crippen LogP contribution in [0.2, 0.25) is 0 Å². The van der Waals surface area contributed by atoms with E-state index in [-0.39, 0.29) is 5.82 Å². The molecule has 0 saturated carbocycles. The van der Waals surface area contributed by atoms with Crippen molar-refractivity contribution in [2.75, 3.05) is 37.8 Å². The molecule has 0 radical (unpaired) electrons. The van der Waals surface area contributed by atoms with E-state index in [9.17, 15) is 4.39 Å². The fourth-order valence-electron chi connectivity index (χ4n) is 4.92. The fraction of sp³-hybridized carbons (Fsp3) is 0.226. The number of pyridine rings is 3. The molecular weight excluding hydrogens is 517 g/mol. The molecule has 0 bridgehead atoms. The largest absolute Gasteiger partial charge is 0.384 e. The van der Waals surface area contributed by atoms with Gasteiger partial charge in [-0.1, -0.05) is 0 Å². The van der Waals surface area contributed by atoms with Crippen molar-refractivity contribution in [1.82, 2.24) is 35.0 Å². The first-order chi connectivity index (χ1) is 19.8. The van der Waals surface area contributed by atoms with Crippen LogP contribution < -0.4 is 10.6 Å². The van der Waals surface area contributed by atoms with E-state index in [1.54, 1.807) is 18.5 Å². The Bertz CT molecular complexity index is 1840. The zero-order valence-corrected chi connectivity index (χ0v) is 23.5. The van der Waals surface area contributed by atoms with Gasteiger partial charge >= 0.3 is 0 Å². The number of fused-ring (bicyclic) bond motifs is 2. The summed E-state index contributed by atoms with van der Waals surface area (Å²) in [5.74, 6) is -0.298. The highest BCUT2D eigenvalue weighted by Gasteiger charge is 2.17. The number of H-pyrrole nitrogens is 2. The van der Waals surface area contributed by atoms with Crippen LogP contribution in [0.15, 0.2) is 67.1 Å². The van der Waals surface area contributed by atoms with Crippen LogP contribution in [0.1, 0.15) is 13.8 Å². The van der Waals surface area contributed by atoms with Crippen LogP contribution in [0.25, 0.3) is 55.8 Å². The zero-order valence-electron chi connectivity index (χ0n) is 23.5. The lowest BCUT2D eigenvalue weighted by molar-refractivity contribution is 0.425. The molecule has 5 heterocycles. The van der Waals surface area contributed by atoms with E-state index in [1.807, 2.05) is 56.7 Å². The van der Waals surface area contributed by atoms with Crippen LogP contribution in [0.4, 0.5) is 15.8 Å². The normalized spacial score (nSPS) is 11.7. The highest BCUT2D eigenvalue weighted by atomic mass is 19.1. The highest BCUT2D eigenvalue weighted by Crippen LogP contribution is 2.34. The van der Waals surface area contributed by atoms with Gasteiger partial charge in [-0.3, -0.25) is 10.1 Å². The molecule has 10 heteroatoms. The molecule has 0 saturated heterocycles. The van der Waals surface area contributed by atoms with Crippen LogP contribution >= 0.6 is 0 Å². The molecule has 5 aromatic heterocycles. The van der Waals surface area contributed by atoms with Gasteiger partial charge in [0.15, 0.2) is 0 Å². The predicted octanol–water partition coefficient (Wildman–Crippen LogP) is 6.16. The summed E-state index contributed by atoms with van der Waals surface area (Å²) in [5.41, 5.74) is 8.71. The third kappa shape index (κ3) is 5.59. The molecule has 0 spiro atoms. The molecule has 0 unspecified atom stereocenters. The number of hydrogen-bond donors (Lipinski definition) is 4. The van der Waals surface area contributed by atoms with Crippen LogP contribution in [0.3, 0.4) is 0 Å². The lowest BCUT2D eigenvalue weighted by Crippen LogP contribution is -2.20. The summed E-state index contributed by atoms with van der Waals surface area (Å²) in [6.07, 6.45) is 5.34. The summed E-state index contributed by atoms with van der Waals surface area (Å²) >= 11 is 0.